The average molecular weight is 1770 g/mol. The fourth-order valence-corrected chi connectivity index (χ4v) is 22.4. The number of nitrogens with one attached hydrogen (secondary N) is 4. The van der Waals surface area contributed by atoms with Crippen molar-refractivity contribution in [2.75, 3.05) is 139 Å². The van der Waals surface area contributed by atoms with Crippen molar-refractivity contribution >= 4 is 102 Å². The lowest BCUT2D eigenvalue weighted by Gasteiger charge is -2.36. The van der Waals surface area contributed by atoms with Gasteiger partial charge in [-0.25, -0.2) is 27.4 Å². The van der Waals surface area contributed by atoms with Crippen molar-refractivity contribution in [1.29, 1.82) is 0 Å². The molecule has 1 aromatic carbocycles. The van der Waals surface area contributed by atoms with Gasteiger partial charge in [-0.05, 0) is 135 Å². The average Bonchev–Trinajstić information content (AvgIpc) is 1.65. The van der Waals surface area contributed by atoms with E-state index in [0.29, 0.717) is 116 Å². The van der Waals surface area contributed by atoms with Gasteiger partial charge in [0.2, 0.25) is 47.3 Å². The van der Waals surface area contributed by atoms with Crippen molar-refractivity contribution in [3.05, 3.63) is 35.4 Å². The second-order valence-corrected chi connectivity index (χ2v) is 37.9. The van der Waals surface area contributed by atoms with Gasteiger partial charge in [0.05, 0.1) is 84.8 Å². The van der Waals surface area contributed by atoms with E-state index < -0.39 is 126 Å². The number of nitrogens with zero attached hydrogens (tertiary/aromatic N) is 6. The SMILES string of the molecule is [B][C@H]1CC(O)[C@@H](COP(=O)(O)OP(=O)(O)OP(=O)(O)OP(=O)(O)OP(=O)(O)OP(=O)(O)OCCCCCCNC(=O)CCOCCOCCOCCOCCNC(=O)C(Cc2ccc(C#CCNC)cc2)NC(=O)C2CCCN2C(=O)C2CCCN2C(=O)C2CCCN2C(=O)C2CCCN2C(=O)C2CCCN2C(=O)C2CCCN2C)O1. The van der Waals surface area contributed by atoms with Crippen LogP contribution in [0.2, 0.25) is 0 Å². The number of phosphoric ester groups is 2. The van der Waals surface area contributed by atoms with Crippen LogP contribution in [0, 0.1) is 11.8 Å². The Balaban J connectivity index is 0.663. The van der Waals surface area contributed by atoms with Crippen molar-refractivity contribution in [3.8, 4) is 11.8 Å². The second-order valence-electron chi connectivity index (χ2n) is 28.5. The molecule has 0 saturated carbocycles. The Morgan fingerprint density at radius 1 is 0.509 bits per heavy atom. The minimum atomic E-state index is -6.46. The quantitative estimate of drug-likeness (QED) is 0.0187. The standard InChI is InChI=1S/C66H107BN10O33P6/c1-68-26-7-14-47-21-23-48(24-22-47)44-49(71-61(81)50-15-9-30-73(50)63(83)52-17-11-32-75(52)65(85)54-19-13-34-77(54)66(86)55-20-12-33-76(55)64(84)53-18-10-31-74(53)62(82)51-16-8-29-72(51)2)60(80)70-28-37-100-39-41-102-43-42-101-40-38-99-36-25-59(79)69-27-5-3-4-6-35-103-111(87,88)106-113(91,92)108-115(95,96)110-116(97,98)109-114(93,94)107-112(89,90)104-46-57-56(78)45-58(67)105-57/h21-24,49-58,68,78H,3-6,8-13,15-20,25-46H2,1-2H3,(H,69,79)(H,70,80)(H,71,81)(H,87,88)(H,89,90)(H,91,92)(H,93,94)(H,95,96)(H,97,98)/t49?,50?,51?,52?,53?,54?,55?,56?,57-,58-/m1/s1. The summed E-state index contributed by atoms with van der Waals surface area (Å²) >= 11 is 0. The van der Waals surface area contributed by atoms with E-state index in [2.05, 4.69) is 63.7 Å². The first-order chi connectivity index (χ1) is 55.0. The maximum absolute atomic E-state index is 14.7. The number of phosphoric acid groups is 6. The van der Waals surface area contributed by atoms with Crippen LogP contribution in [-0.4, -0.2) is 319 Å². The van der Waals surface area contributed by atoms with E-state index in [4.69, 9.17) is 31.5 Å². The molecule has 116 heavy (non-hydrogen) atoms. The Bertz CT molecular complexity index is 3880. The summed E-state index contributed by atoms with van der Waals surface area (Å²) in [6, 6.07) is 0.935. The Morgan fingerprint density at radius 2 is 0.922 bits per heavy atom. The minimum absolute atomic E-state index is 0.0316. The van der Waals surface area contributed by atoms with Gasteiger partial charge >= 0.3 is 46.9 Å². The molecular weight excluding hydrogens is 1660 g/mol. The van der Waals surface area contributed by atoms with E-state index in [1.165, 1.54) is 4.90 Å². The topological polar surface area (TPSA) is 559 Å². The number of hydrogen-bond acceptors (Lipinski definition) is 29. The molecule has 2 radical (unpaired) electrons. The Morgan fingerprint density at radius 3 is 1.38 bits per heavy atom. The van der Waals surface area contributed by atoms with Crippen LogP contribution in [-0.2, 0) is 126 Å². The number of rotatable bonds is 47. The van der Waals surface area contributed by atoms with Gasteiger partial charge in [-0.2, -0.15) is 21.6 Å². The van der Waals surface area contributed by atoms with Gasteiger partial charge in [0.25, 0.3) is 0 Å². The number of ether oxygens (including phenoxy) is 5. The highest BCUT2D eigenvalue weighted by Gasteiger charge is 2.53. The van der Waals surface area contributed by atoms with Crippen molar-refractivity contribution < 1.29 is 154 Å². The Hall–Kier alpha value is -4.86. The molecule has 8 rings (SSSR count). The molecule has 0 aliphatic carbocycles. The predicted octanol–water partition coefficient (Wildman–Crippen LogP) is 0.946. The summed E-state index contributed by atoms with van der Waals surface area (Å²) in [6.45, 7) is 3.23. The maximum atomic E-state index is 14.7. The van der Waals surface area contributed by atoms with Crippen molar-refractivity contribution in [2.24, 2.45) is 0 Å². The van der Waals surface area contributed by atoms with Crippen LogP contribution in [0.15, 0.2) is 24.3 Å². The second kappa shape index (κ2) is 45.9. The van der Waals surface area contributed by atoms with Gasteiger partial charge in [-0.3, -0.25) is 52.3 Å². The van der Waals surface area contributed by atoms with Gasteiger partial charge in [0, 0.05) is 70.2 Å². The highest BCUT2D eigenvalue weighted by Crippen LogP contribution is 2.75. The maximum Gasteiger partial charge on any atom is 0.490 e. The first-order valence-corrected chi connectivity index (χ1v) is 47.5. The van der Waals surface area contributed by atoms with Gasteiger partial charge in [-0.1, -0.05) is 36.8 Å². The predicted molar refractivity (Wildman–Crippen MR) is 406 cm³/mol. The molecule has 0 spiro atoms. The number of carbonyl (C=O) groups is 8. The molecule has 7 aliphatic rings. The molecule has 16 atom stereocenters. The summed E-state index contributed by atoms with van der Waals surface area (Å²) in [5.74, 6) is 3.48. The molecule has 652 valence electrons. The summed E-state index contributed by atoms with van der Waals surface area (Å²) in [6.07, 6.45) is 5.24. The van der Waals surface area contributed by atoms with Crippen LogP contribution in [0.25, 0.3) is 0 Å². The minimum Gasteiger partial charge on any atom is -0.390 e. The van der Waals surface area contributed by atoms with Gasteiger partial charge in [0.1, 0.15) is 50.2 Å². The highest BCUT2D eigenvalue weighted by molar-refractivity contribution is 7.72. The molecule has 8 amide bonds. The zero-order valence-corrected chi connectivity index (χ0v) is 70.0. The lowest BCUT2D eigenvalue weighted by molar-refractivity contribution is -0.154. The Labute approximate surface area is 673 Å². The molecule has 50 heteroatoms. The first kappa shape index (κ1) is 96.6. The molecule has 0 aromatic heterocycles. The zero-order valence-electron chi connectivity index (χ0n) is 64.6. The number of benzene rings is 1. The first-order valence-electron chi connectivity index (χ1n) is 38.5. The fourth-order valence-electron chi connectivity index (χ4n) is 14.5. The molecule has 7 saturated heterocycles. The van der Waals surface area contributed by atoms with Gasteiger partial charge < -0.3 is 104 Å². The van der Waals surface area contributed by atoms with E-state index in [9.17, 15) is 100 Å². The van der Waals surface area contributed by atoms with E-state index in [0.717, 1.165) is 30.5 Å². The van der Waals surface area contributed by atoms with Crippen LogP contribution in [0.5, 0.6) is 0 Å². The molecular formula is C66H107BN10O33P6. The lowest BCUT2D eigenvalue weighted by Crippen LogP contribution is -2.59. The third kappa shape index (κ3) is 30.6. The zero-order chi connectivity index (χ0) is 84.4. The summed E-state index contributed by atoms with van der Waals surface area (Å²) in [5, 5.41) is 21.2. The summed E-state index contributed by atoms with van der Waals surface area (Å²) in [5.41, 5.74) is 1.50. The lowest BCUT2D eigenvalue weighted by atomic mass is 9.96. The number of likely N-dealkylation sites (tertiary alicyclic amines) is 6. The largest absolute Gasteiger partial charge is 0.490 e. The molecule has 7 heterocycles. The Kier molecular flexibility index (Phi) is 38.2. The third-order valence-electron chi connectivity index (χ3n) is 19.9. The van der Waals surface area contributed by atoms with E-state index >= 15 is 0 Å². The number of likely N-dealkylation sites (N-methyl/N-ethyl adjacent to an activating group) is 1. The van der Waals surface area contributed by atoms with Crippen molar-refractivity contribution in [2.45, 2.75) is 182 Å². The molecule has 14 unspecified atom stereocenters. The summed E-state index contributed by atoms with van der Waals surface area (Å²) in [4.78, 5) is 181. The molecule has 7 fully saturated rings. The van der Waals surface area contributed by atoms with Crippen LogP contribution < -0.4 is 21.3 Å². The van der Waals surface area contributed by atoms with E-state index in [1.807, 2.05) is 36.2 Å². The van der Waals surface area contributed by atoms with Crippen molar-refractivity contribution in [1.82, 2.24) is 50.7 Å². The number of carbonyl (C=O) groups excluding carboxylic acids is 8. The molecule has 43 nitrogen and oxygen atoms in total. The van der Waals surface area contributed by atoms with E-state index in [1.54, 1.807) is 26.6 Å². The molecule has 1 aromatic rings. The fraction of sp³-hybridized carbons (Fsp3) is 0.758. The number of aliphatic hydroxyl groups excluding tert-OH is 1. The summed E-state index contributed by atoms with van der Waals surface area (Å²) < 4.78 is 128. The van der Waals surface area contributed by atoms with Crippen LogP contribution in [0.1, 0.15) is 127 Å². The van der Waals surface area contributed by atoms with Gasteiger partial charge in [0.15, 0.2) is 0 Å². The van der Waals surface area contributed by atoms with E-state index in [-0.39, 0.29) is 140 Å². The van der Waals surface area contributed by atoms with Crippen LogP contribution in [0.4, 0.5) is 0 Å². The number of unbranched alkanes of at least 4 members (excludes halogenated alkanes) is 3. The number of amides is 8. The van der Waals surface area contributed by atoms with Crippen LogP contribution in [0.3, 0.4) is 0 Å². The molecule has 0 bridgehead atoms. The number of aliphatic hydroxyl groups is 1. The normalized spacial score (nSPS) is 25.8. The monoisotopic (exact) mass is 1760 g/mol. The highest BCUT2D eigenvalue weighted by atomic mass is 31.3. The van der Waals surface area contributed by atoms with Gasteiger partial charge in [-0.15, -0.1) is 0 Å². The molecule has 7 aliphatic heterocycles. The molecule has 11 N–H and O–H groups in total. The van der Waals surface area contributed by atoms with Crippen LogP contribution >= 0.6 is 46.9 Å². The number of hydrogen-bond donors (Lipinski definition) is 11. The summed E-state index contributed by atoms with van der Waals surface area (Å²) in [7, 11) is -27.6. The smallest absolute Gasteiger partial charge is 0.390 e. The third-order valence-corrected chi connectivity index (χ3v) is 29.2. The van der Waals surface area contributed by atoms with Crippen molar-refractivity contribution in [3.63, 3.8) is 0 Å².